The van der Waals surface area contributed by atoms with Crippen molar-refractivity contribution in [2.45, 2.75) is 25.8 Å². The predicted molar refractivity (Wildman–Crippen MR) is 107 cm³/mol. The zero-order chi connectivity index (χ0) is 20.3. The quantitative estimate of drug-likeness (QED) is 0.775. The van der Waals surface area contributed by atoms with Crippen LogP contribution in [-0.4, -0.2) is 26.2 Å². The number of benzene rings is 2. The molecule has 0 saturated heterocycles. The van der Waals surface area contributed by atoms with Crippen LogP contribution in [0.3, 0.4) is 0 Å². The fraction of sp³-hybridized carbons (Fsp3) is 0.273. The summed E-state index contributed by atoms with van der Waals surface area (Å²) in [5.41, 5.74) is 3.47. The number of carbonyl (C=O) groups is 2. The third kappa shape index (κ3) is 3.86. The standard InChI is InChI=1S/C22H24N2O4/c1-13(2)14-5-7-15(8-6-14)19-18(21(25)28-4)20(24-22(26)23-19)16-9-11-17(27-3)12-10-16/h5-13,19H,1-4H3,(H2,23,24,26). The Morgan fingerprint density at radius 3 is 2.18 bits per heavy atom. The van der Waals surface area contributed by atoms with Crippen LogP contribution in [0.15, 0.2) is 54.1 Å². The Kier molecular flexibility index (Phi) is 5.68. The molecule has 0 aliphatic carbocycles. The molecule has 1 aliphatic rings. The van der Waals surface area contributed by atoms with Gasteiger partial charge in [-0.25, -0.2) is 9.59 Å². The van der Waals surface area contributed by atoms with Crippen molar-refractivity contribution >= 4 is 17.7 Å². The molecule has 0 radical (unpaired) electrons. The molecular weight excluding hydrogens is 356 g/mol. The first kappa shape index (κ1) is 19.5. The molecule has 0 bridgehead atoms. The number of methoxy groups -OCH3 is 2. The minimum Gasteiger partial charge on any atom is -0.497 e. The Bertz CT molecular complexity index is 899. The molecule has 3 rings (SSSR count). The van der Waals surface area contributed by atoms with Gasteiger partial charge in [0.05, 0.1) is 31.5 Å². The summed E-state index contributed by atoms with van der Waals surface area (Å²) in [6.07, 6.45) is 0. The van der Waals surface area contributed by atoms with Crippen LogP contribution in [0.1, 0.15) is 42.5 Å². The number of nitrogens with one attached hydrogen (secondary N) is 2. The van der Waals surface area contributed by atoms with Gasteiger partial charge in [0.1, 0.15) is 5.75 Å². The Balaban J connectivity index is 2.11. The number of hydrogen-bond donors (Lipinski definition) is 2. The zero-order valence-electron chi connectivity index (χ0n) is 16.4. The highest BCUT2D eigenvalue weighted by Gasteiger charge is 2.34. The van der Waals surface area contributed by atoms with E-state index in [-0.39, 0.29) is 6.03 Å². The maximum Gasteiger partial charge on any atom is 0.338 e. The van der Waals surface area contributed by atoms with Crippen molar-refractivity contribution in [2.75, 3.05) is 14.2 Å². The van der Waals surface area contributed by atoms with Crippen LogP contribution in [0.25, 0.3) is 5.70 Å². The van der Waals surface area contributed by atoms with Crippen LogP contribution in [0.2, 0.25) is 0 Å². The van der Waals surface area contributed by atoms with E-state index in [4.69, 9.17) is 9.47 Å². The van der Waals surface area contributed by atoms with Crippen LogP contribution in [0, 0.1) is 0 Å². The van der Waals surface area contributed by atoms with E-state index >= 15 is 0 Å². The molecule has 2 amide bonds. The largest absolute Gasteiger partial charge is 0.497 e. The summed E-state index contributed by atoms with van der Waals surface area (Å²) in [7, 11) is 2.91. The molecule has 1 aliphatic heterocycles. The number of carbonyl (C=O) groups excluding carboxylic acids is 2. The minimum atomic E-state index is -0.612. The van der Waals surface area contributed by atoms with Crippen LogP contribution < -0.4 is 15.4 Å². The highest BCUT2D eigenvalue weighted by Crippen LogP contribution is 2.33. The SMILES string of the molecule is COC(=O)C1=C(c2ccc(OC)cc2)NC(=O)NC1c1ccc(C(C)C)cc1. The topological polar surface area (TPSA) is 76.7 Å². The average Bonchev–Trinajstić information content (AvgIpc) is 2.72. The van der Waals surface area contributed by atoms with E-state index < -0.39 is 12.0 Å². The van der Waals surface area contributed by atoms with Gasteiger partial charge in [-0.3, -0.25) is 0 Å². The highest BCUT2D eigenvalue weighted by molar-refractivity contribution is 6.04. The lowest BCUT2D eigenvalue weighted by Gasteiger charge is -2.29. The predicted octanol–water partition coefficient (Wildman–Crippen LogP) is 3.76. The van der Waals surface area contributed by atoms with Gasteiger partial charge in [-0.2, -0.15) is 0 Å². The molecule has 0 saturated carbocycles. The highest BCUT2D eigenvalue weighted by atomic mass is 16.5. The Hall–Kier alpha value is -3.28. The fourth-order valence-corrected chi connectivity index (χ4v) is 3.20. The van der Waals surface area contributed by atoms with Gasteiger partial charge in [-0.1, -0.05) is 38.1 Å². The molecule has 6 heteroatoms. The van der Waals surface area contributed by atoms with E-state index in [9.17, 15) is 9.59 Å². The van der Waals surface area contributed by atoms with Gasteiger partial charge in [0, 0.05) is 0 Å². The molecule has 1 heterocycles. The fourth-order valence-electron chi connectivity index (χ4n) is 3.20. The number of esters is 1. The van der Waals surface area contributed by atoms with E-state index in [1.54, 1.807) is 31.4 Å². The lowest BCUT2D eigenvalue weighted by atomic mass is 9.91. The van der Waals surface area contributed by atoms with Crippen LogP contribution in [-0.2, 0) is 9.53 Å². The summed E-state index contributed by atoms with van der Waals surface area (Å²) in [6, 6.07) is 14.0. The van der Waals surface area contributed by atoms with Crippen LogP contribution in [0.4, 0.5) is 4.79 Å². The second-order valence-corrected chi connectivity index (χ2v) is 6.86. The number of amides is 2. The molecule has 2 aromatic rings. The maximum absolute atomic E-state index is 12.6. The van der Waals surface area contributed by atoms with Crippen LogP contribution in [0.5, 0.6) is 5.75 Å². The van der Waals surface area contributed by atoms with Crippen molar-refractivity contribution in [1.82, 2.24) is 10.6 Å². The number of ether oxygens (including phenoxy) is 2. The first-order valence-corrected chi connectivity index (χ1v) is 9.09. The van der Waals surface area contributed by atoms with E-state index in [1.807, 2.05) is 24.3 Å². The van der Waals surface area contributed by atoms with Gasteiger partial charge < -0.3 is 20.1 Å². The summed E-state index contributed by atoms with van der Waals surface area (Å²) in [6.45, 7) is 4.23. The van der Waals surface area contributed by atoms with Gasteiger partial charge >= 0.3 is 12.0 Å². The summed E-state index contributed by atoms with van der Waals surface area (Å²) >= 11 is 0. The molecule has 0 spiro atoms. The van der Waals surface area contributed by atoms with Gasteiger partial charge in [0.15, 0.2) is 0 Å². The molecule has 2 N–H and O–H groups in total. The van der Waals surface area contributed by atoms with Crippen molar-refractivity contribution in [3.8, 4) is 5.75 Å². The lowest BCUT2D eigenvalue weighted by Crippen LogP contribution is -2.45. The van der Waals surface area contributed by atoms with E-state index in [0.717, 1.165) is 5.56 Å². The molecule has 28 heavy (non-hydrogen) atoms. The number of rotatable bonds is 5. The van der Waals surface area contributed by atoms with E-state index in [1.165, 1.54) is 12.7 Å². The third-order valence-electron chi connectivity index (χ3n) is 4.79. The second kappa shape index (κ2) is 8.17. The second-order valence-electron chi connectivity index (χ2n) is 6.86. The van der Waals surface area contributed by atoms with E-state index in [2.05, 4.69) is 24.5 Å². The molecular formula is C22H24N2O4. The summed E-state index contributed by atoms with van der Waals surface area (Å²) in [5.74, 6) is 0.573. The van der Waals surface area contributed by atoms with Crippen molar-refractivity contribution in [2.24, 2.45) is 0 Å². The minimum absolute atomic E-state index is 0.351. The molecule has 6 nitrogen and oxygen atoms in total. The lowest BCUT2D eigenvalue weighted by molar-refractivity contribution is -0.136. The van der Waals surface area contributed by atoms with Gasteiger partial charge in [-0.15, -0.1) is 0 Å². The van der Waals surface area contributed by atoms with Crippen molar-refractivity contribution in [3.63, 3.8) is 0 Å². The molecule has 2 aromatic carbocycles. The molecule has 0 fully saturated rings. The first-order valence-electron chi connectivity index (χ1n) is 9.09. The summed E-state index contributed by atoms with van der Waals surface area (Å²) < 4.78 is 10.2. The van der Waals surface area contributed by atoms with Gasteiger partial charge in [0.25, 0.3) is 0 Å². The van der Waals surface area contributed by atoms with Crippen molar-refractivity contribution in [1.29, 1.82) is 0 Å². The Morgan fingerprint density at radius 2 is 1.64 bits per heavy atom. The monoisotopic (exact) mass is 380 g/mol. The van der Waals surface area contributed by atoms with Gasteiger partial charge in [0.2, 0.25) is 0 Å². The van der Waals surface area contributed by atoms with Crippen molar-refractivity contribution < 1.29 is 19.1 Å². The maximum atomic E-state index is 12.6. The third-order valence-corrected chi connectivity index (χ3v) is 4.79. The average molecular weight is 380 g/mol. The van der Waals surface area contributed by atoms with E-state index in [0.29, 0.717) is 28.5 Å². The zero-order valence-corrected chi connectivity index (χ0v) is 16.4. The number of hydrogen-bond acceptors (Lipinski definition) is 4. The van der Waals surface area contributed by atoms with Gasteiger partial charge in [-0.05, 0) is 46.9 Å². The smallest absolute Gasteiger partial charge is 0.338 e. The molecule has 1 unspecified atom stereocenters. The number of urea groups is 1. The Morgan fingerprint density at radius 1 is 1.00 bits per heavy atom. The van der Waals surface area contributed by atoms with Crippen LogP contribution >= 0.6 is 0 Å². The normalized spacial score (nSPS) is 16.5. The summed E-state index contributed by atoms with van der Waals surface area (Å²) in [5, 5.41) is 5.59. The summed E-state index contributed by atoms with van der Waals surface area (Å²) in [4.78, 5) is 25.0. The molecule has 1 atom stereocenters. The molecule has 0 aromatic heterocycles. The first-order chi connectivity index (χ1) is 13.4. The Labute approximate surface area is 164 Å². The van der Waals surface area contributed by atoms with Crippen molar-refractivity contribution in [3.05, 3.63) is 70.8 Å². The molecule has 146 valence electrons.